The third-order valence-electron chi connectivity index (χ3n) is 3.46. The van der Waals surface area contributed by atoms with E-state index in [0.29, 0.717) is 18.3 Å². The van der Waals surface area contributed by atoms with Gasteiger partial charge in [0.15, 0.2) is 0 Å². The molecule has 0 aromatic heterocycles. The van der Waals surface area contributed by atoms with E-state index in [9.17, 15) is 4.79 Å². The van der Waals surface area contributed by atoms with Gasteiger partial charge in [0.1, 0.15) is 12.4 Å². The van der Waals surface area contributed by atoms with E-state index in [1.165, 1.54) is 12.7 Å². The van der Waals surface area contributed by atoms with Crippen LogP contribution in [-0.2, 0) is 9.53 Å². The number of allylic oxidation sites excluding steroid dienone is 1. The number of hydrogen-bond acceptors (Lipinski definition) is 5. The molecule has 1 aromatic carbocycles. The number of hydrogen-bond donors (Lipinski definition) is 1. The molecule has 0 saturated heterocycles. The van der Waals surface area contributed by atoms with Gasteiger partial charge in [0.05, 0.1) is 12.8 Å². The molecule has 0 atom stereocenters. The highest BCUT2D eigenvalue weighted by molar-refractivity contribution is 9.10. The topological polar surface area (TPSA) is 53.9 Å². The molecule has 0 fully saturated rings. The van der Waals surface area contributed by atoms with E-state index in [2.05, 4.69) is 57.1 Å². The summed E-state index contributed by atoms with van der Waals surface area (Å²) in [7, 11) is 1.35. The van der Waals surface area contributed by atoms with Gasteiger partial charge in [0.2, 0.25) is 0 Å². The first kappa shape index (κ1) is 16.5. The van der Waals surface area contributed by atoms with Gasteiger partial charge >= 0.3 is 5.97 Å². The average Bonchev–Trinajstić information content (AvgIpc) is 2.49. The predicted octanol–water partition coefficient (Wildman–Crippen LogP) is 3.69. The minimum absolute atomic E-state index is 0.340. The van der Waals surface area contributed by atoms with Crippen LogP contribution in [0.4, 0.5) is 5.69 Å². The van der Waals surface area contributed by atoms with Gasteiger partial charge in [-0.15, -0.1) is 0 Å². The zero-order chi connectivity index (χ0) is 16.3. The number of carbonyl (C=O) groups excluding carboxylic acids is 1. The van der Waals surface area contributed by atoms with E-state index in [-0.39, 0.29) is 0 Å². The number of methoxy groups -OCH3 is 1. The maximum absolute atomic E-state index is 11.5. The molecule has 0 amide bonds. The number of nitrogens with zero attached hydrogens (tertiary/aromatic N) is 2. The molecule has 0 spiro atoms. The molecule has 22 heavy (non-hydrogen) atoms. The van der Waals surface area contributed by atoms with E-state index >= 15 is 0 Å². The molecule has 0 aliphatic carbocycles. The Morgan fingerprint density at radius 3 is 2.73 bits per heavy atom. The number of benzene rings is 1. The van der Waals surface area contributed by atoms with Crippen molar-refractivity contribution in [1.29, 1.82) is 0 Å². The number of hydrazine groups is 1. The fraction of sp³-hybridized carbons (Fsp3) is 0.375. The minimum atomic E-state index is -0.415. The molecule has 118 valence electrons. The van der Waals surface area contributed by atoms with E-state index in [4.69, 9.17) is 0 Å². The van der Waals surface area contributed by atoms with Gasteiger partial charge in [0, 0.05) is 10.2 Å². The number of ether oxygens (including phenoxy) is 1. The first-order valence-corrected chi connectivity index (χ1v) is 7.86. The van der Waals surface area contributed by atoms with Crippen LogP contribution >= 0.6 is 15.9 Å². The summed E-state index contributed by atoms with van der Waals surface area (Å²) in [6.45, 7) is 6.59. The maximum Gasteiger partial charge on any atom is 0.356 e. The molecule has 2 rings (SSSR count). The summed E-state index contributed by atoms with van der Waals surface area (Å²) in [5.74, 6) is 0.0654. The zero-order valence-corrected chi connectivity index (χ0v) is 14.8. The molecule has 0 bridgehead atoms. The van der Waals surface area contributed by atoms with Crippen molar-refractivity contribution in [3.05, 3.63) is 40.0 Å². The Labute approximate surface area is 139 Å². The molecule has 1 heterocycles. The fourth-order valence-electron chi connectivity index (χ4n) is 2.06. The van der Waals surface area contributed by atoms with Gasteiger partial charge < -0.3 is 4.74 Å². The van der Waals surface area contributed by atoms with Crippen LogP contribution in [0.25, 0.3) is 0 Å². The molecule has 6 heteroatoms. The average molecular weight is 366 g/mol. The summed E-state index contributed by atoms with van der Waals surface area (Å²) in [6, 6.07) is 6.25. The summed E-state index contributed by atoms with van der Waals surface area (Å²) >= 11 is 3.59. The Balaban J connectivity index is 2.12. The third-order valence-corrected chi connectivity index (χ3v) is 4.12. The second-order valence-corrected chi connectivity index (χ2v) is 6.25. The van der Waals surface area contributed by atoms with Gasteiger partial charge in [-0.25, -0.2) is 4.79 Å². The van der Waals surface area contributed by atoms with Crippen molar-refractivity contribution in [2.75, 3.05) is 19.2 Å². The second-order valence-electron chi connectivity index (χ2n) is 5.40. The van der Waals surface area contributed by atoms with Gasteiger partial charge in [-0.1, -0.05) is 19.9 Å². The first-order valence-electron chi connectivity index (χ1n) is 7.07. The minimum Gasteiger partial charge on any atom is -0.464 e. The van der Waals surface area contributed by atoms with Crippen molar-refractivity contribution in [3.8, 4) is 0 Å². The smallest absolute Gasteiger partial charge is 0.356 e. The Hall–Kier alpha value is -1.82. The summed E-state index contributed by atoms with van der Waals surface area (Å²) in [5.41, 5.74) is 6.77. The SMILES string of the molecule is COC(=O)C1=NCN(Nc2ccc(C(C)C)cc2Br)C(C)=C1. The number of anilines is 1. The predicted molar refractivity (Wildman–Crippen MR) is 91.8 cm³/mol. The first-order chi connectivity index (χ1) is 10.4. The van der Waals surface area contributed by atoms with Crippen LogP contribution in [0, 0.1) is 0 Å². The summed E-state index contributed by atoms with van der Waals surface area (Å²) in [5, 5.41) is 1.88. The van der Waals surface area contributed by atoms with Gasteiger partial charge in [-0.2, -0.15) is 0 Å². The lowest BCUT2D eigenvalue weighted by atomic mass is 10.0. The fourth-order valence-corrected chi connectivity index (χ4v) is 2.54. The lowest BCUT2D eigenvalue weighted by Gasteiger charge is -2.28. The molecule has 0 saturated carbocycles. The van der Waals surface area contributed by atoms with Crippen molar-refractivity contribution in [1.82, 2.24) is 5.01 Å². The van der Waals surface area contributed by atoms with Crippen molar-refractivity contribution in [2.24, 2.45) is 4.99 Å². The highest BCUT2D eigenvalue weighted by atomic mass is 79.9. The Morgan fingerprint density at radius 2 is 2.18 bits per heavy atom. The Morgan fingerprint density at radius 1 is 1.45 bits per heavy atom. The third kappa shape index (κ3) is 3.68. The monoisotopic (exact) mass is 365 g/mol. The molecule has 0 radical (unpaired) electrons. The second kappa shape index (κ2) is 6.96. The van der Waals surface area contributed by atoms with Crippen LogP contribution in [0.2, 0.25) is 0 Å². The van der Waals surface area contributed by atoms with Crippen molar-refractivity contribution < 1.29 is 9.53 Å². The number of aliphatic imine (C=N–C) groups is 1. The number of halogens is 1. The molecular formula is C16H20BrN3O2. The van der Waals surface area contributed by atoms with Crippen LogP contribution in [-0.4, -0.2) is 30.5 Å². The van der Waals surface area contributed by atoms with Crippen LogP contribution in [0.3, 0.4) is 0 Å². The molecule has 1 aromatic rings. The normalized spacial score (nSPS) is 14.5. The highest BCUT2D eigenvalue weighted by Crippen LogP contribution is 2.28. The number of esters is 1. The van der Waals surface area contributed by atoms with Gasteiger partial charge in [0.25, 0.3) is 0 Å². The number of nitrogens with one attached hydrogen (secondary N) is 1. The molecule has 1 aliphatic heterocycles. The molecule has 5 nitrogen and oxygen atoms in total. The Kier molecular flexibility index (Phi) is 5.24. The maximum atomic E-state index is 11.5. The Bertz CT molecular complexity index is 638. The standard InChI is InChI=1S/C16H20BrN3O2/c1-10(2)12-5-6-14(13(17)8-12)19-20-9-18-15(7-11(20)3)16(21)22-4/h5-8,10,19H,9H2,1-4H3. The van der Waals surface area contributed by atoms with Crippen LogP contribution < -0.4 is 5.43 Å². The van der Waals surface area contributed by atoms with Crippen LogP contribution in [0.5, 0.6) is 0 Å². The molecule has 1 aliphatic rings. The summed E-state index contributed by atoms with van der Waals surface area (Å²) in [4.78, 5) is 15.7. The summed E-state index contributed by atoms with van der Waals surface area (Å²) in [6.07, 6.45) is 1.71. The van der Waals surface area contributed by atoms with Crippen LogP contribution in [0.1, 0.15) is 32.3 Å². The van der Waals surface area contributed by atoms with E-state index in [0.717, 1.165) is 15.9 Å². The number of carbonyl (C=O) groups is 1. The van der Waals surface area contributed by atoms with E-state index in [1.807, 2.05) is 18.0 Å². The molecule has 0 unspecified atom stereocenters. The van der Waals surface area contributed by atoms with E-state index in [1.54, 1.807) is 6.08 Å². The van der Waals surface area contributed by atoms with Crippen molar-refractivity contribution >= 4 is 33.3 Å². The van der Waals surface area contributed by atoms with Crippen molar-refractivity contribution in [2.45, 2.75) is 26.7 Å². The quantitative estimate of drug-likeness (QED) is 0.826. The summed E-state index contributed by atoms with van der Waals surface area (Å²) < 4.78 is 5.68. The molecular weight excluding hydrogens is 346 g/mol. The zero-order valence-electron chi connectivity index (χ0n) is 13.2. The van der Waals surface area contributed by atoms with Gasteiger partial charge in [-0.05, 0) is 52.5 Å². The van der Waals surface area contributed by atoms with E-state index < -0.39 is 5.97 Å². The van der Waals surface area contributed by atoms with Crippen molar-refractivity contribution in [3.63, 3.8) is 0 Å². The molecule has 1 N–H and O–H groups in total. The van der Waals surface area contributed by atoms with Crippen LogP contribution in [0.15, 0.2) is 39.4 Å². The lowest BCUT2D eigenvalue weighted by Crippen LogP contribution is -2.33. The largest absolute Gasteiger partial charge is 0.464 e. The highest BCUT2D eigenvalue weighted by Gasteiger charge is 2.18. The number of rotatable bonds is 4. The van der Waals surface area contributed by atoms with Gasteiger partial charge in [-0.3, -0.25) is 15.4 Å². The lowest BCUT2D eigenvalue weighted by molar-refractivity contribution is -0.132.